The Hall–Kier alpha value is -2.18. The molecule has 1 N–H and O–H groups in total. The van der Waals surface area contributed by atoms with Crippen LogP contribution in [-0.2, 0) is 19.6 Å². The van der Waals surface area contributed by atoms with Crippen molar-refractivity contribution in [1.82, 2.24) is 4.72 Å². The summed E-state index contributed by atoms with van der Waals surface area (Å²) in [7, 11) is -2.53. The SMILES string of the molecule is COC(=O)CNS(=O)(=O)c1ccc(-c2ccccc2)c(C)c1. The minimum Gasteiger partial charge on any atom is -0.468 e. The fourth-order valence-electron chi connectivity index (χ4n) is 2.05. The zero-order valence-electron chi connectivity index (χ0n) is 12.4. The third kappa shape index (κ3) is 3.72. The van der Waals surface area contributed by atoms with Gasteiger partial charge in [-0.1, -0.05) is 36.4 Å². The Kier molecular flexibility index (Phi) is 4.95. The lowest BCUT2D eigenvalue weighted by molar-refractivity contribution is -0.139. The summed E-state index contributed by atoms with van der Waals surface area (Å²) >= 11 is 0. The monoisotopic (exact) mass is 319 g/mol. The maximum atomic E-state index is 12.1. The van der Waals surface area contributed by atoms with Crippen molar-refractivity contribution in [3.8, 4) is 11.1 Å². The lowest BCUT2D eigenvalue weighted by Gasteiger charge is -2.10. The summed E-state index contributed by atoms with van der Waals surface area (Å²) in [6.07, 6.45) is 0. The van der Waals surface area contributed by atoms with Crippen LogP contribution in [0, 0.1) is 6.92 Å². The summed E-state index contributed by atoms with van der Waals surface area (Å²) in [6.45, 7) is 1.46. The second-order valence-electron chi connectivity index (χ2n) is 4.74. The van der Waals surface area contributed by atoms with E-state index >= 15 is 0 Å². The molecule has 0 atom stereocenters. The van der Waals surface area contributed by atoms with Crippen LogP contribution in [0.1, 0.15) is 5.56 Å². The number of hydrogen-bond acceptors (Lipinski definition) is 4. The van der Waals surface area contributed by atoms with Crippen molar-refractivity contribution in [2.45, 2.75) is 11.8 Å². The zero-order valence-corrected chi connectivity index (χ0v) is 13.2. The number of aryl methyl sites for hydroxylation is 1. The molecule has 2 rings (SSSR count). The number of hydrogen-bond donors (Lipinski definition) is 1. The molecule has 0 amide bonds. The quantitative estimate of drug-likeness (QED) is 0.857. The molecule has 0 fully saturated rings. The highest BCUT2D eigenvalue weighted by Crippen LogP contribution is 2.25. The summed E-state index contributed by atoms with van der Waals surface area (Å²) in [5.41, 5.74) is 2.83. The van der Waals surface area contributed by atoms with Gasteiger partial charge in [0.2, 0.25) is 10.0 Å². The van der Waals surface area contributed by atoms with Gasteiger partial charge in [-0.05, 0) is 35.7 Å². The third-order valence-corrected chi connectivity index (χ3v) is 4.63. The molecule has 2 aromatic rings. The van der Waals surface area contributed by atoms with Crippen LogP contribution in [0.4, 0.5) is 0 Å². The van der Waals surface area contributed by atoms with Crippen LogP contribution < -0.4 is 4.72 Å². The minimum atomic E-state index is -3.74. The van der Waals surface area contributed by atoms with E-state index in [1.54, 1.807) is 12.1 Å². The Morgan fingerprint density at radius 1 is 1.14 bits per heavy atom. The normalized spacial score (nSPS) is 11.2. The summed E-state index contributed by atoms with van der Waals surface area (Å²) in [4.78, 5) is 11.2. The average molecular weight is 319 g/mol. The van der Waals surface area contributed by atoms with E-state index in [0.717, 1.165) is 16.7 Å². The molecule has 0 saturated carbocycles. The highest BCUT2D eigenvalue weighted by atomic mass is 32.2. The number of methoxy groups -OCH3 is 1. The molecular weight excluding hydrogens is 302 g/mol. The molecule has 0 radical (unpaired) electrons. The summed E-state index contributed by atoms with van der Waals surface area (Å²) in [5, 5.41) is 0. The smallest absolute Gasteiger partial charge is 0.320 e. The molecule has 22 heavy (non-hydrogen) atoms. The Balaban J connectivity index is 2.27. The van der Waals surface area contributed by atoms with E-state index < -0.39 is 22.5 Å². The Morgan fingerprint density at radius 3 is 2.41 bits per heavy atom. The molecule has 0 aliphatic rings. The number of carbonyl (C=O) groups excluding carboxylic acids is 1. The first kappa shape index (κ1) is 16.2. The minimum absolute atomic E-state index is 0.119. The van der Waals surface area contributed by atoms with Crippen molar-refractivity contribution in [2.75, 3.05) is 13.7 Å². The first-order valence-electron chi connectivity index (χ1n) is 6.66. The van der Waals surface area contributed by atoms with E-state index in [0.29, 0.717) is 0 Å². The molecule has 6 heteroatoms. The van der Waals surface area contributed by atoms with Gasteiger partial charge in [-0.25, -0.2) is 8.42 Å². The number of nitrogens with one attached hydrogen (secondary N) is 1. The molecule has 0 bridgehead atoms. The molecule has 0 aromatic heterocycles. The lowest BCUT2D eigenvalue weighted by Crippen LogP contribution is -2.30. The van der Waals surface area contributed by atoms with Crippen molar-refractivity contribution in [3.05, 3.63) is 54.1 Å². The maximum absolute atomic E-state index is 12.1. The largest absolute Gasteiger partial charge is 0.468 e. The van der Waals surface area contributed by atoms with Crippen molar-refractivity contribution >= 4 is 16.0 Å². The highest BCUT2D eigenvalue weighted by molar-refractivity contribution is 7.89. The topological polar surface area (TPSA) is 72.5 Å². The number of sulfonamides is 1. The van der Waals surface area contributed by atoms with Gasteiger partial charge in [-0.15, -0.1) is 0 Å². The van der Waals surface area contributed by atoms with Gasteiger partial charge in [0.1, 0.15) is 6.54 Å². The predicted molar refractivity (Wildman–Crippen MR) is 83.8 cm³/mol. The molecular formula is C16H17NO4S. The van der Waals surface area contributed by atoms with Gasteiger partial charge in [0.15, 0.2) is 0 Å². The lowest BCUT2D eigenvalue weighted by atomic mass is 10.0. The van der Waals surface area contributed by atoms with E-state index in [9.17, 15) is 13.2 Å². The average Bonchev–Trinajstić information content (AvgIpc) is 2.53. The molecule has 0 saturated heterocycles. The van der Waals surface area contributed by atoms with Gasteiger partial charge >= 0.3 is 5.97 Å². The Labute approximate surface area is 130 Å². The molecule has 5 nitrogen and oxygen atoms in total. The standard InChI is InChI=1S/C16H17NO4S/c1-12-10-14(22(19,20)17-11-16(18)21-2)8-9-15(12)13-6-4-3-5-7-13/h3-10,17H,11H2,1-2H3. The molecule has 0 aliphatic carbocycles. The number of rotatable bonds is 5. The molecule has 0 aliphatic heterocycles. The van der Waals surface area contributed by atoms with Crippen LogP contribution >= 0.6 is 0 Å². The summed E-state index contributed by atoms with van der Waals surface area (Å²) < 4.78 is 30.9. The van der Waals surface area contributed by atoms with Gasteiger partial charge in [0.25, 0.3) is 0 Å². The van der Waals surface area contributed by atoms with Gasteiger partial charge in [-0.3, -0.25) is 4.79 Å². The number of ether oxygens (including phenoxy) is 1. The van der Waals surface area contributed by atoms with Crippen LogP contribution in [0.15, 0.2) is 53.4 Å². The van der Waals surface area contributed by atoms with Crippen molar-refractivity contribution in [1.29, 1.82) is 0 Å². The van der Waals surface area contributed by atoms with Crippen molar-refractivity contribution in [3.63, 3.8) is 0 Å². The van der Waals surface area contributed by atoms with E-state index in [2.05, 4.69) is 9.46 Å². The predicted octanol–water partition coefficient (Wildman–Crippen LogP) is 2.11. The number of carbonyl (C=O) groups is 1. The first-order valence-corrected chi connectivity index (χ1v) is 8.15. The number of esters is 1. The van der Waals surface area contributed by atoms with Crippen LogP contribution in [0.5, 0.6) is 0 Å². The molecule has 0 unspecified atom stereocenters. The second-order valence-corrected chi connectivity index (χ2v) is 6.51. The second kappa shape index (κ2) is 6.72. The summed E-state index contributed by atoms with van der Waals surface area (Å²) in [6, 6.07) is 14.6. The van der Waals surface area contributed by atoms with Gasteiger partial charge in [-0.2, -0.15) is 4.72 Å². The fraction of sp³-hybridized carbons (Fsp3) is 0.188. The molecule has 116 valence electrons. The van der Waals surface area contributed by atoms with E-state index in [1.165, 1.54) is 13.2 Å². The van der Waals surface area contributed by atoms with Crippen LogP contribution in [0.2, 0.25) is 0 Å². The van der Waals surface area contributed by atoms with Gasteiger partial charge in [0, 0.05) is 0 Å². The van der Waals surface area contributed by atoms with Gasteiger partial charge in [0.05, 0.1) is 12.0 Å². The van der Waals surface area contributed by atoms with E-state index in [1.807, 2.05) is 37.3 Å². The van der Waals surface area contributed by atoms with E-state index in [-0.39, 0.29) is 4.90 Å². The van der Waals surface area contributed by atoms with Crippen LogP contribution in [0.25, 0.3) is 11.1 Å². The van der Waals surface area contributed by atoms with Crippen LogP contribution in [-0.4, -0.2) is 28.0 Å². The Morgan fingerprint density at radius 2 is 1.82 bits per heavy atom. The van der Waals surface area contributed by atoms with E-state index in [4.69, 9.17) is 0 Å². The van der Waals surface area contributed by atoms with Crippen molar-refractivity contribution < 1.29 is 17.9 Å². The zero-order chi connectivity index (χ0) is 16.2. The first-order chi connectivity index (χ1) is 10.4. The molecule has 0 heterocycles. The maximum Gasteiger partial charge on any atom is 0.320 e. The molecule has 2 aromatic carbocycles. The van der Waals surface area contributed by atoms with Gasteiger partial charge < -0.3 is 4.74 Å². The number of benzene rings is 2. The third-order valence-electron chi connectivity index (χ3n) is 3.23. The van der Waals surface area contributed by atoms with Crippen molar-refractivity contribution in [2.24, 2.45) is 0 Å². The highest BCUT2D eigenvalue weighted by Gasteiger charge is 2.16. The summed E-state index contributed by atoms with van der Waals surface area (Å²) in [5.74, 6) is -0.638. The Bertz CT molecular complexity index is 770. The molecule has 0 spiro atoms. The fourth-order valence-corrected chi connectivity index (χ4v) is 3.11. The van der Waals surface area contributed by atoms with Crippen LogP contribution in [0.3, 0.4) is 0 Å².